The average Bonchev–Trinajstić information content (AvgIpc) is 2.74. The monoisotopic (exact) mass is 248 g/mol. The first kappa shape index (κ1) is 12.9. The Morgan fingerprint density at radius 3 is 2.94 bits per heavy atom. The zero-order chi connectivity index (χ0) is 13.2. The molecule has 1 aromatic rings. The smallest absolute Gasteiger partial charge is 0.227 e. The number of amides is 1. The maximum absolute atomic E-state index is 12.2. The Morgan fingerprint density at radius 1 is 1.56 bits per heavy atom. The van der Waals surface area contributed by atoms with Crippen LogP contribution in [-0.2, 0) is 9.53 Å². The molecule has 1 amide bonds. The zero-order valence-corrected chi connectivity index (χ0v) is 10.9. The number of carbonyl (C=O) groups is 1. The van der Waals surface area contributed by atoms with Crippen LogP contribution in [-0.4, -0.2) is 24.7 Å². The number of hydrogen-bond acceptors (Lipinski definition) is 3. The van der Waals surface area contributed by atoms with Crippen molar-refractivity contribution in [3.05, 3.63) is 29.8 Å². The van der Waals surface area contributed by atoms with Crippen LogP contribution >= 0.6 is 0 Å². The molecule has 4 heteroatoms. The van der Waals surface area contributed by atoms with E-state index in [0.29, 0.717) is 18.9 Å². The molecule has 4 nitrogen and oxygen atoms in total. The van der Waals surface area contributed by atoms with Gasteiger partial charge in [-0.25, -0.2) is 0 Å². The Balaban J connectivity index is 2.04. The van der Waals surface area contributed by atoms with Gasteiger partial charge in [-0.3, -0.25) is 4.79 Å². The molecule has 2 atom stereocenters. The molecule has 0 saturated carbocycles. The first-order valence-electron chi connectivity index (χ1n) is 6.25. The fourth-order valence-electron chi connectivity index (χ4n) is 2.15. The molecule has 1 aromatic carbocycles. The minimum Gasteiger partial charge on any atom is -0.399 e. The van der Waals surface area contributed by atoms with E-state index in [1.165, 1.54) is 0 Å². The van der Waals surface area contributed by atoms with Gasteiger partial charge in [-0.2, -0.15) is 0 Å². The lowest BCUT2D eigenvalue weighted by Crippen LogP contribution is -2.47. The van der Waals surface area contributed by atoms with E-state index in [0.717, 1.165) is 12.0 Å². The Kier molecular flexibility index (Phi) is 3.57. The summed E-state index contributed by atoms with van der Waals surface area (Å²) in [4.78, 5) is 12.2. The van der Waals surface area contributed by atoms with Gasteiger partial charge in [0.05, 0.1) is 18.1 Å². The number of anilines is 1. The highest BCUT2D eigenvalue weighted by Gasteiger charge is 2.32. The molecule has 1 saturated heterocycles. The number of benzene rings is 1. The molecule has 98 valence electrons. The summed E-state index contributed by atoms with van der Waals surface area (Å²) in [6.07, 6.45) is 0.863. The molecule has 0 radical (unpaired) electrons. The number of nitrogens with one attached hydrogen (secondary N) is 1. The van der Waals surface area contributed by atoms with Gasteiger partial charge in [0.2, 0.25) is 5.91 Å². The van der Waals surface area contributed by atoms with Gasteiger partial charge in [0, 0.05) is 12.3 Å². The van der Waals surface area contributed by atoms with Gasteiger partial charge in [0.15, 0.2) is 0 Å². The van der Waals surface area contributed by atoms with E-state index in [-0.39, 0.29) is 17.4 Å². The molecule has 0 aromatic heterocycles. The number of carbonyl (C=O) groups excluding carboxylic acids is 1. The van der Waals surface area contributed by atoms with Crippen molar-refractivity contribution in [3.8, 4) is 0 Å². The van der Waals surface area contributed by atoms with E-state index in [4.69, 9.17) is 10.5 Å². The number of ether oxygens (including phenoxy) is 1. The van der Waals surface area contributed by atoms with Crippen molar-refractivity contribution in [2.24, 2.45) is 0 Å². The molecule has 1 heterocycles. The second-order valence-corrected chi connectivity index (χ2v) is 5.24. The Bertz CT molecular complexity index is 439. The topological polar surface area (TPSA) is 64.3 Å². The molecule has 1 aliphatic rings. The fraction of sp³-hybridized carbons (Fsp3) is 0.500. The van der Waals surface area contributed by atoms with Crippen molar-refractivity contribution in [2.45, 2.75) is 31.7 Å². The molecule has 3 N–H and O–H groups in total. The molecule has 0 bridgehead atoms. The minimum absolute atomic E-state index is 0.0219. The van der Waals surface area contributed by atoms with Crippen LogP contribution in [0.25, 0.3) is 0 Å². The molecule has 1 aliphatic heterocycles. The highest BCUT2D eigenvalue weighted by molar-refractivity contribution is 5.84. The third-order valence-corrected chi connectivity index (χ3v) is 3.45. The van der Waals surface area contributed by atoms with Crippen molar-refractivity contribution in [1.29, 1.82) is 0 Å². The van der Waals surface area contributed by atoms with Crippen LogP contribution in [0.4, 0.5) is 5.69 Å². The SMILES string of the molecule is CC(C(=O)NC1(C)CCOC1)c1cccc(N)c1. The average molecular weight is 248 g/mol. The summed E-state index contributed by atoms with van der Waals surface area (Å²) in [5.74, 6) is -0.181. The zero-order valence-electron chi connectivity index (χ0n) is 10.9. The highest BCUT2D eigenvalue weighted by atomic mass is 16.5. The predicted octanol–water partition coefficient (Wildman–Crippen LogP) is 1.67. The Labute approximate surface area is 108 Å². The summed E-state index contributed by atoms with van der Waals surface area (Å²) in [7, 11) is 0. The summed E-state index contributed by atoms with van der Waals surface area (Å²) in [6, 6.07) is 7.46. The van der Waals surface area contributed by atoms with Gasteiger partial charge in [0.25, 0.3) is 0 Å². The second-order valence-electron chi connectivity index (χ2n) is 5.24. The lowest BCUT2D eigenvalue weighted by molar-refractivity contribution is -0.124. The number of hydrogen-bond donors (Lipinski definition) is 2. The van der Waals surface area contributed by atoms with Gasteiger partial charge in [-0.15, -0.1) is 0 Å². The third-order valence-electron chi connectivity index (χ3n) is 3.45. The first-order chi connectivity index (χ1) is 8.50. The largest absolute Gasteiger partial charge is 0.399 e. The van der Waals surface area contributed by atoms with Crippen LogP contribution in [0.5, 0.6) is 0 Å². The summed E-state index contributed by atoms with van der Waals surface area (Å²) >= 11 is 0. The fourth-order valence-corrected chi connectivity index (χ4v) is 2.15. The molecular formula is C14H20N2O2. The quantitative estimate of drug-likeness (QED) is 0.800. The van der Waals surface area contributed by atoms with E-state index in [9.17, 15) is 4.79 Å². The number of rotatable bonds is 3. The molecule has 18 heavy (non-hydrogen) atoms. The maximum atomic E-state index is 12.2. The van der Waals surface area contributed by atoms with Gasteiger partial charge in [-0.1, -0.05) is 12.1 Å². The van der Waals surface area contributed by atoms with Crippen molar-refractivity contribution in [3.63, 3.8) is 0 Å². The molecule has 2 rings (SSSR count). The standard InChI is InChI=1S/C14H20N2O2/c1-10(11-4-3-5-12(15)8-11)13(17)16-14(2)6-7-18-9-14/h3-5,8,10H,6-7,9,15H2,1-2H3,(H,16,17). The first-order valence-corrected chi connectivity index (χ1v) is 6.25. The summed E-state index contributed by atoms with van der Waals surface area (Å²) < 4.78 is 5.33. The molecular weight excluding hydrogens is 228 g/mol. The lowest BCUT2D eigenvalue weighted by atomic mass is 9.96. The van der Waals surface area contributed by atoms with E-state index < -0.39 is 0 Å². The van der Waals surface area contributed by atoms with Crippen molar-refractivity contribution >= 4 is 11.6 Å². The Morgan fingerprint density at radius 2 is 2.33 bits per heavy atom. The minimum atomic E-state index is -0.230. The van der Waals surface area contributed by atoms with Crippen LogP contribution < -0.4 is 11.1 Å². The van der Waals surface area contributed by atoms with Gasteiger partial charge in [0.1, 0.15) is 0 Å². The van der Waals surface area contributed by atoms with E-state index in [1.807, 2.05) is 38.1 Å². The van der Waals surface area contributed by atoms with Crippen molar-refractivity contribution in [1.82, 2.24) is 5.32 Å². The van der Waals surface area contributed by atoms with Crippen molar-refractivity contribution < 1.29 is 9.53 Å². The molecule has 0 spiro atoms. The van der Waals surface area contributed by atoms with E-state index >= 15 is 0 Å². The normalized spacial score (nSPS) is 24.8. The molecule has 0 aliphatic carbocycles. The van der Waals surface area contributed by atoms with Gasteiger partial charge >= 0.3 is 0 Å². The predicted molar refractivity (Wildman–Crippen MR) is 71.3 cm³/mol. The summed E-state index contributed by atoms with van der Waals surface area (Å²) in [5, 5.41) is 3.07. The third kappa shape index (κ3) is 2.82. The maximum Gasteiger partial charge on any atom is 0.227 e. The van der Waals surface area contributed by atoms with Crippen LogP contribution in [0.3, 0.4) is 0 Å². The molecule has 1 fully saturated rings. The van der Waals surface area contributed by atoms with Crippen LogP contribution in [0.2, 0.25) is 0 Å². The van der Waals surface area contributed by atoms with E-state index in [2.05, 4.69) is 5.32 Å². The summed E-state index contributed by atoms with van der Waals surface area (Å²) in [5.41, 5.74) is 7.13. The van der Waals surface area contributed by atoms with E-state index in [1.54, 1.807) is 0 Å². The molecule has 2 unspecified atom stereocenters. The summed E-state index contributed by atoms with van der Waals surface area (Å²) in [6.45, 7) is 5.21. The Hall–Kier alpha value is -1.55. The second kappa shape index (κ2) is 4.98. The lowest BCUT2D eigenvalue weighted by Gasteiger charge is -2.25. The van der Waals surface area contributed by atoms with Crippen LogP contribution in [0.1, 0.15) is 31.7 Å². The number of nitrogens with two attached hydrogens (primary N) is 1. The van der Waals surface area contributed by atoms with Gasteiger partial charge in [-0.05, 0) is 38.0 Å². The highest BCUT2D eigenvalue weighted by Crippen LogP contribution is 2.22. The van der Waals surface area contributed by atoms with Crippen LogP contribution in [0.15, 0.2) is 24.3 Å². The van der Waals surface area contributed by atoms with Crippen molar-refractivity contribution in [2.75, 3.05) is 18.9 Å². The van der Waals surface area contributed by atoms with Crippen LogP contribution in [0, 0.1) is 0 Å². The van der Waals surface area contributed by atoms with Gasteiger partial charge < -0.3 is 15.8 Å². The number of nitrogen functional groups attached to an aromatic ring is 1.